The van der Waals surface area contributed by atoms with Crippen molar-refractivity contribution in [2.24, 2.45) is 17.4 Å². The first-order valence-electron chi connectivity index (χ1n) is 10.3. The molecule has 0 unspecified atom stereocenters. The molecule has 1 aromatic rings. The first-order chi connectivity index (χ1) is 14.3. The molecule has 0 spiro atoms. The number of hydrogen-bond acceptors (Lipinski definition) is 3. The number of carbonyl (C=O) groups excluding carboxylic acids is 3. The van der Waals surface area contributed by atoms with Crippen LogP contribution in [-0.4, -0.2) is 25.3 Å². The van der Waals surface area contributed by atoms with E-state index in [0.29, 0.717) is 18.8 Å². The zero-order valence-corrected chi connectivity index (χ0v) is 18.5. The quantitative estimate of drug-likeness (QED) is 0.370. The number of carbonyl (C=O) groups is 3. The van der Waals surface area contributed by atoms with Crippen LogP contribution in [0.5, 0.6) is 0 Å². The maximum Gasteiger partial charge on any atom is 0.219 e. The Labute approximate surface area is 180 Å². The van der Waals surface area contributed by atoms with Gasteiger partial charge in [0, 0.05) is 19.9 Å². The van der Waals surface area contributed by atoms with Gasteiger partial charge in [0.1, 0.15) is 5.82 Å². The van der Waals surface area contributed by atoms with Gasteiger partial charge in [0.05, 0.1) is 0 Å². The molecule has 170 valence electrons. The van der Waals surface area contributed by atoms with E-state index in [4.69, 9.17) is 10.5 Å². The molecular weight excluding hydrogens is 385 g/mol. The molecule has 0 fully saturated rings. The maximum atomic E-state index is 12.6. The van der Waals surface area contributed by atoms with Gasteiger partial charge in [-0.25, -0.2) is 4.39 Å². The molecule has 0 heterocycles. The zero-order chi connectivity index (χ0) is 23.2. The highest BCUT2D eigenvalue weighted by Gasteiger charge is 1.98. The van der Waals surface area contributed by atoms with Gasteiger partial charge < -0.3 is 16.8 Å². The van der Waals surface area contributed by atoms with E-state index in [-0.39, 0.29) is 24.0 Å². The van der Waals surface area contributed by atoms with Crippen molar-refractivity contribution >= 4 is 24.3 Å². The predicted molar refractivity (Wildman–Crippen MR) is 121 cm³/mol. The Hall–Kier alpha value is -2.70. The smallest absolute Gasteiger partial charge is 0.219 e. The highest BCUT2D eigenvalue weighted by molar-refractivity contribution is 5.75. The Morgan fingerprint density at radius 3 is 2.13 bits per heavy atom. The number of unbranched alkanes of at least 4 members (excludes halogenated alkanes) is 4. The van der Waals surface area contributed by atoms with E-state index >= 15 is 0 Å². The molecule has 0 saturated heterocycles. The molecule has 0 atom stereocenters. The van der Waals surface area contributed by atoms with Gasteiger partial charge in [0.25, 0.3) is 0 Å². The van der Waals surface area contributed by atoms with E-state index in [0.717, 1.165) is 44.1 Å². The Balaban J connectivity index is 0. The van der Waals surface area contributed by atoms with Crippen LogP contribution < -0.4 is 16.8 Å². The molecule has 0 aliphatic heterocycles. The fourth-order valence-corrected chi connectivity index (χ4v) is 2.25. The number of rotatable bonds is 11. The van der Waals surface area contributed by atoms with Gasteiger partial charge in [0.15, 0.2) is 0 Å². The highest BCUT2D eigenvalue weighted by Crippen LogP contribution is 2.09. The third kappa shape index (κ3) is 23.3. The molecule has 3 amide bonds. The standard InChI is InChI=1S/C15H20FNO.C7H15NO.CH3NO/c16-14-11-9-13(10-12-14)7-5-3-1-2-4-6-8-15(17)18;1-6(2)4-5-7(9)8-3;2-1-3/h5,7,9-12H,1-4,6,8H2,(H2,17,18);6H,4-5H2,1-3H3,(H,8,9);1H,(H2,2,3)/b7-5+;;. The zero-order valence-electron chi connectivity index (χ0n) is 18.5. The molecule has 7 heteroatoms. The lowest BCUT2D eigenvalue weighted by Crippen LogP contribution is -2.17. The lowest BCUT2D eigenvalue weighted by molar-refractivity contribution is -0.121. The second-order valence-electron chi connectivity index (χ2n) is 7.11. The summed E-state index contributed by atoms with van der Waals surface area (Å²) in [4.78, 5) is 29.7. The molecule has 0 aliphatic rings. The molecule has 6 nitrogen and oxygen atoms in total. The van der Waals surface area contributed by atoms with Crippen LogP contribution in [0, 0.1) is 11.7 Å². The SMILES string of the molecule is CNC(=O)CCC(C)C.NC(=O)CCCCCC/C=C/c1ccc(F)cc1.NC=O. The van der Waals surface area contributed by atoms with Crippen LogP contribution in [0.1, 0.15) is 70.8 Å². The summed E-state index contributed by atoms with van der Waals surface area (Å²) in [6.45, 7) is 4.23. The summed E-state index contributed by atoms with van der Waals surface area (Å²) in [5, 5.41) is 2.58. The second kappa shape index (κ2) is 21.0. The molecular formula is C23H38FN3O3. The Bertz CT molecular complexity index is 602. The average molecular weight is 424 g/mol. The summed E-state index contributed by atoms with van der Waals surface area (Å²) in [6, 6.07) is 6.45. The molecule has 0 saturated carbocycles. The monoisotopic (exact) mass is 423 g/mol. The van der Waals surface area contributed by atoms with E-state index in [9.17, 15) is 14.0 Å². The van der Waals surface area contributed by atoms with Crippen molar-refractivity contribution in [2.45, 2.75) is 65.2 Å². The van der Waals surface area contributed by atoms with E-state index in [1.165, 1.54) is 12.1 Å². The number of nitrogens with one attached hydrogen (secondary N) is 1. The van der Waals surface area contributed by atoms with Gasteiger partial charge in [0.2, 0.25) is 18.2 Å². The Morgan fingerprint density at radius 1 is 1.07 bits per heavy atom. The Morgan fingerprint density at radius 2 is 1.63 bits per heavy atom. The fraction of sp³-hybridized carbons (Fsp3) is 0.522. The number of allylic oxidation sites excluding steroid dienone is 1. The predicted octanol–water partition coefficient (Wildman–Crippen LogP) is 3.93. The molecule has 0 aromatic heterocycles. The lowest BCUT2D eigenvalue weighted by Gasteiger charge is -2.01. The van der Waals surface area contributed by atoms with Gasteiger partial charge in [-0.05, 0) is 49.3 Å². The van der Waals surface area contributed by atoms with Gasteiger partial charge in [-0.15, -0.1) is 0 Å². The number of primary amides is 2. The summed E-state index contributed by atoms with van der Waals surface area (Å²) >= 11 is 0. The minimum atomic E-state index is -0.216. The number of benzene rings is 1. The van der Waals surface area contributed by atoms with Crippen molar-refractivity contribution in [3.05, 3.63) is 41.7 Å². The van der Waals surface area contributed by atoms with Crippen molar-refractivity contribution in [1.29, 1.82) is 0 Å². The Kier molecular flexibility index (Phi) is 20.7. The topological polar surface area (TPSA) is 115 Å². The van der Waals surface area contributed by atoms with E-state index in [1.807, 2.05) is 6.08 Å². The lowest BCUT2D eigenvalue weighted by atomic mass is 10.1. The van der Waals surface area contributed by atoms with Crippen LogP contribution in [0.25, 0.3) is 6.08 Å². The van der Waals surface area contributed by atoms with Crippen molar-refractivity contribution in [3.63, 3.8) is 0 Å². The average Bonchev–Trinajstić information content (AvgIpc) is 2.70. The van der Waals surface area contributed by atoms with Crippen LogP contribution in [0.3, 0.4) is 0 Å². The van der Waals surface area contributed by atoms with Crippen molar-refractivity contribution in [2.75, 3.05) is 7.05 Å². The minimum Gasteiger partial charge on any atom is -0.372 e. The summed E-state index contributed by atoms with van der Waals surface area (Å²) in [5.74, 6) is 0.346. The largest absolute Gasteiger partial charge is 0.372 e. The second-order valence-corrected chi connectivity index (χ2v) is 7.11. The van der Waals surface area contributed by atoms with Gasteiger partial charge in [-0.1, -0.05) is 51.0 Å². The van der Waals surface area contributed by atoms with Crippen LogP contribution in [0.15, 0.2) is 30.3 Å². The van der Waals surface area contributed by atoms with E-state index < -0.39 is 0 Å². The highest BCUT2D eigenvalue weighted by atomic mass is 19.1. The first-order valence-corrected chi connectivity index (χ1v) is 10.3. The number of hydrogen-bond donors (Lipinski definition) is 3. The first kappa shape index (κ1) is 29.5. The molecule has 30 heavy (non-hydrogen) atoms. The number of halogens is 1. The molecule has 0 bridgehead atoms. The van der Waals surface area contributed by atoms with Crippen LogP contribution >= 0.6 is 0 Å². The molecule has 0 aliphatic carbocycles. The van der Waals surface area contributed by atoms with Gasteiger partial charge in [-0.3, -0.25) is 14.4 Å². The van der Waals surface area contributed by atoms with E-state index in [1.54, 1.807) is 19.2 Å². The van der Waals surface area contributed by atoms with Crippen LogP contribution in [0.2, 0.25) is 0 Å². The number of nitrogens with two attached hydrogens (primary N) is 2. The summed E-state index contributed by atoms with van der Waals surface area (Å²) in [7, 11) is 1.67. The summed E-state index contributed by atoms with van der Waals surface area (Å²) < 4.78 is 12.6. The minimum absolute atomic E-state index is 0.142. The van der Waals surface area contributed by atoms with E-state index in [2.05, 4.69) is 31.0 Å². The summed E-state index contributed by atoms with van der Waals surface area (Å²) in [5.41, 5.74) is 10.2. The van der Waals surface area contributed by atoms with Crippen LogP contribution in [0.4, 0.5) is 4.39 Å². The van der Waals surface area contributed by atoms with Gasteiger partial charge in [-0.2, -0.15) is 0 Å². The van der Waals surface area contributed by atoms with Crippen molar-refractivity contribution in [3.8, 4) is 0 Å². The van der Waals surface area contributed by atoms with Crippen LogP contribution in [-0.2, 0) is 14.4 Å². The molecule has 0 radical (unpaired) electrons. The molecule has 5 N–H and O–H groups in total. The van der Waals surface area contributed by atoms with Gasteiger partial charge >= 0.3 is 0 Å². The molecule has 1 aromatic carbocycles. The summed E-state index contributed by atoms with van der Waals surface area (Å²) in [6.07, 6.45) is 11.7. The fourth-order valence-electron chi connectivity index (χ4n) is 2.25. The normalized spacial score (nSPS) is 9.90. The van der Waals surface area contributed by atoms with Crippen molar-refractivity contribution in [1.82, 2.24) is 5.32 Å². The maximum absolute atomic E-state index is 12.6. The third-order valence-electron chi connectivity index (χ3n) is 3.95. The molecule has 1 rings (SSSR count). The van der Waals surface area contributed by atoms with Crippen molar-refractivity contribution < 1.29 is 18.8 Å². The number of amides is 3. The third-order valence-corrected chi connectivity index (χ3v) is 3.95.